The highest BCUT2D eigenvalue weighted by atomic mass is 15.3. The maximum atomic E-state index is 2.89. The van der Waals surface area contributed by atoms with Crippen LogP contribution in [-0.4, -0.2) is 22.5 Å². The van der Waals surface area contributed by atoms with Crippen LogP contribution >= 0.6 is 0 Å². The van der Waals surface area contributed by atoms with E-state index in [1.54, 1.807) is 0 Å². The van der Waals surface area contributed by atoms with Gasteiger partial charge in [0.15, 0.2) is 0 Å². The first kappa shape index (κ1) is 10.5. The van der Waals surface area contributed by atoms with Gasteiger partial charge < -0.3 is 0 Å². The first-order valence-corrected chi connectivity index (χ1v) is 6.49. The number of hydrogen-bond donors (Lipinski definition) is 0. The number of nitrogens with zero attached hydrogens (tertiary/aromatic N) is 1. The van der Waals surface area contributed by atoms with E-state index in [0.717, 1.165) is 12.1 Å². The number of rotatable bonds is 4. The summed E-state index contributed by atoms with van der Waals surface area (Å²) < 4.78 is 0. The van der Waals surface area contributed by atoms with Crippen LogP contribution in [0.1, 0.15) is 65.7 Å². The first-order valence-electron chi connectivity index (χ1n) is 6.49. The molecule has 1 atom stereocenters. The lowest BCUT2D eigenvalue weighted by atomic mass is 9.90. The molecule has 1 nitrogen and oxygen atoms in total. The Hall–Kier alpha value is -0.0400. The Bertz CT molecular complexity index is 181. The molecule has 82 valence electrons. The van der Waals surface area contributed by atoms with Crippen molar-refractivity contribution in [3.63, 3.8) is 0 Å². The fraction of sp³-hybridized carbons (Fsp3) is 1.00. The maximum absolute atomic E-state index is 2.89. The minimum absolute atomic E-state index is 0.511. The average molecular weight is 195 g/mol. The van der Waals surface area contributed by atoms with Crippen LogP contribution in [0.2, 0.25) is 0 Å². The standard InChI is InChI=1S/C13H25N/c1-4-10-13(3,5-2)14-11-6-7-12(14)9-8-11/h11-12H,4-10H2,1-3H3. The van der Waals surface area contributed by atoms with Gasteiger partial charge in [-0.15, -0.1) is 0 Å². The molecule has 0 spiro atoms. The molecule has 2 rings (SSSR count). The zero-order valence-electron chi connectivity index (χ0n) is 10.1. The van der Waals surface area contributed by atoms with Crippen LogP contribution in [0.25, 0.3) is 0 Å². The van der Waals surface area contributed by atoms with Crippen LogP contribution in [0.15, 0.2) is 0 Å². The van der Waals surface area contributed by atoms with Gasteiger partial charge in [-0.05, 0) is 45.4 Å². The summed E-state index contributed by atoms with van der Waals surface area (Å²) in [6.07, 6.45) is 9.95. The highest BCUT2D eigenvalue weighted by Gasteiger charge is 2.46. The molecular weight excluding hydrogens is 170 g/mol. The monoisotopic (exact) mass is 195 g/mol. The summed E-state index contributed by atoms with van der Waals surface area (Å²) >= 11 is 0. The van der Waals surface area contributed by atoms with Crippen LogP contribution in [0, 0.1) is 0 Å². The lowest BCUT2D eigenvalue weighted by Crippen LogP contribution is -2.48. The fourth-order valence-electron chi connectivity index (χ4n) is 3.82. The third-order valence-electron chi connectivity index (χ3n) is 4.63. The molecule has 0 aliphatic carbocycles. The summed E-state index contributed by atoms with van der Waals surface area (Å²) in [5, 5.41) is 0. The van der Waals surface area contributed by atoms with Crippen molar-refractivity contribution < 1.29 is 0 Å². The van der Waals surface area contributed by atoms with Gasteiger partial charge in [-0.2, -0.15) is 0 Å². The van der Waals surface area contributed by atoms with Crippen LogP contribution in [0.5, 0.6) is 0 Å². The lowest BCUT2D eigenvalue weighted by molar-refractivity contribution is 0.0714. The Balaban J connectivity index is 2.11. The van der Waals surface area contributed by atoms with Gasteiger partial charge in [0, 0.05) is 17.6 Å². The zero-order valence-corrected chi connectivity index (χ0v) is 10.1. The van der Waals surface area contributed by atoms with Gasteiger partial charge in [-0.3, -0.25) is 4.90 Å². The normalized spacial score (nSPS) is 36.2. The Morgan fingerprint density at radius 3 is 1.93 bits per heavy atom. The van der Waals surface area contributed by atoms with E-state index in [4.69, 9.17) is 0 Å². The van der Waals surface area contributed by atoms with Crippen molar-refractivity contribution in [1.29, 1.82) is 0 Å². The number of fused-ring (bicyclic) bond motifs is 2. The van der Waals surface area contributed by atoms with Crippen molar-refractivity contribution in [3.05, 3.63) is 0 Å². The Morgan fingerprint density at radius 2 is 1.57 bits per heavy atom. The average Bonchev–Trinajstić information content (AvgIpc) is 2.77. The van der Waals surface area contributed by atoms with E-state index >= 15 is 0 Å². The smallest absolute Gasteiger partial charge is 0.0184 e. The van der Waals surface area contributed by atoms with Crippen molar-refractivity contribution in [2.75, 3.05) is 0 Å². The van der Waals surface area contributed by atoms with E-state index in [0.29, 0.717) is 5.54 Å². The van der Waals surface area contributed by atoms with Crippen molar-refractivity contribution in [2.24, 2.45) is 0 Å². The molecule has 2 saturated heterocycles. The van der Waals surface area contributed by atoms with Gasteiger partial charge in [0.2, 0.25) is 0 Å². The Morgan fingerprint density at radius 1 is 1.07 bits per heavy atom. The summed E-state index contributed by atoms with van der Waals surface area (Å²) in [5.41, 5.74) is 0.511. The van der Waals surface area contributed by atoms with Gasteiger partial charge in [-0.25, -0.2) is 0 Å². The molecule has 14 heavy (non-hydrogen) atoms. The van der Waals surface area contributed by atoms with E-state index < -0.39 is 0 Å². The minimum Gasteiger partial charge on any atom is -0.292 e. The molecule has 2 aliphatic heterocycles. The van der Waals surface area contributed by atoms with Crippen molar-refractivity contribution in [3.8, 4) is 0 Å². The molecule has 2 fully saturated rings. The predicted octanol–water partition coefficient (Wildman–Crippen LogP) is 3.58. The van der Waals surface area contributed by atoms with E-state index in [9.17, 15) is 0 Å². The summed E-state index contributed by atoms with van der Waals surface area (Å²) in [4.78, 5) is 2.89. The largest absolute Gasteiger partial charge is 0.292 e. The maximum Gasteiger partial charge on any atom is 0.0184 e. The summed E-state index contributed by atoms with van der Waals surface area (Å²) in [5.74, 6) is 0. The number of hydrogen-bond acceptors (Lipinski definition) is 1. The predicted molar refractivity (Wildman–Crippen MR) is 61.5 cm³/mol. The van der Waals surface area contributed by atoms with Gasteiger partial charge in [0.05, 0.1) is 0 Å². The zero-order chi connectivity index (χ0) is 10.2. The molecule has 0 aromatic heterocycles. The second-order valence-corrected chi connectivity index (χ2v) is 5.47. The third kappa shape index (κ3) is 1.50. The second kappa shape index (κ2) is 3.84. The molecule has 0 radical (unpaired) electrons. The van der Waals surface area contributed by atoms with Crippen molar-refractivity contribution in [2.45, 2.75) is 83.3 Å². The van der Waals surface area contributed by atoms with Crippen LogP contribution in [0.4, 0.5) is 0 Å². The summed E-state index contributed by atoms with van der Waals surface area (Å²) in [7, 11) is 0. The molecule has 1 heteroatoms. The van der Waals surface area contributed by atoms with Crippen molar-refractivity contribution >= 4 is 0 Å². The highest BCUT2D eigenvalue weighted by molar-refractivity contribution is 5.02. The summed E-state index contributed by atoms with van der Waals surface area (Å²) in [6, 6.07) is 1.88. The molecule has 1 unspecified atom stereocenters. The van der Waals surface area contributed by atoms with Gasteiger partial charge >= 0.3 is 0 Å². The van der Waals surface area contributed by atoms with E-state index in [2.05, 4.69) is 25.7 Å². The molecule has 2 heterocycles. The molecular formula is C13H25N. The fourth-order valence-corrected chi connectivity index (χ4v) is 3.82. The molecule has 2 bridgehead atoms. The van der Waals surface area contributed by atoms with Crippen LogP contribution in [-0.2, 0) is 0 Å². The molecule has 0 aromatic carbocycles. The highest BCUT2D eigenvalue weighted by Crippen LogP contribution is 2.44. The van der Waals surface area contributed by atoms with Crippen LogP contribution < -0.4 is 0 Å². The summed E-state index contributed by atoms with van der Waals surface area (Å²) in [6.45, 7) is 7.19. The molecule has 0 N–H and O–H groups in total. The van der Waals surface area contributed by atoms with Crippen LogP contribution in [0.3, 0.4) is 0 Å². The quantitative estimate of drug-likeness (QED) is 0.662. The molecule has 0 saturated carbocycles. The minimum atomic E-state index is 0.511. The van der Waals surface area contributed by atoms with Gasteiger partial charge in [0.1, 0.15) is 0 Å². The van der Waals surface area contributed by atoms with Gasteiger partial charge in [-0.1, -0.05) is 20.3 Å². The first-order chi connectivity index (χ1) is 6.71. The Labute approximate surface area is 88.9 Å². The van der Waals surface area contributed by atoms with E-state index in [1.807, 2.05) is 0 Å². The molecule has 0 amide bonds. The SMILES string of the molecule is CCCC(C)(CC)N1C2CCC1CC2. The topological polar surface area (TPSA) is 3.24 Å². The second-order valence-electron chi connectivity index (χ2n) is 5.47. The van der Waals surface area contributed by atoms with Crippen molar-refractivity contribution in [1.82, 2.24) is 4.90 Å². The van der Waals surface area contributed by atoms with E-state index in [-0.39, 0.29) is 0 Å². The molecule has 0 aromatic rings. The third-order valence-corrected chi connectivity index (χ3v) is 4.63. The molecule has 2 aliphatic rings. The van der Waals surface area contributed by atoms with Gasteiger partial charge in [0.25, 0.3) is 0 Å². The lowest BCUT2D eigenvalue weighted by Gasteiger charge is -2.42. The Kier molecular flexibility index (Phi) is 2.88. The van der Waals surface area contributed by atoms with E-state index in [1.165, 1.54) is 44.9 Å².